The van der Waals surface area contributed by atoms with Crippen LogP contribution >= 0.6 is 11.3 Å². The fourth-order valence-corrected chi connectivity index (χ4v) is 5.90. The van der Waals surface area contributed by atoms with Crippen molar-refractivity contribution < 1.29 is 14.3 Å². The number of nitrogens with one attached hydrogen (secondary N) is 1. The second-order valence-corrected chi connectivity index (χ2v) is 9.96. The van der Waals surface area contributed by atoms with Gasteiger partial charge in [-0.1, -0.05) is 6.07 Å². The summed E-state index contributed by atoms with van der Waals surface area (Å²) in [4.78, 5) is 37.6. The molecule has 2 heterocycles. The third-order valence-electron chi connectivity index (χ3n) is 6.57. The molecule has 3 aromatic rings. The minimum absolute atomic E-state index is 0.0758. The van der Waals surface area contributed by atoms with Crippen LogP contribution in [0.1, 0.15) is 47.5 Å². The third-order valence-corrected chi connectivity index (χ3v) is 7.76. The van der Waals surface area contributed by atoms with Gasteiger partial charge < -0.3 is 19.4 Å². The lowest BCUT2D eigenvalue weighted by Crippen LogP contribution is -2.34. The van der Waals surface area contributed by atoms with Crippen molar-refractivity contribution in [2.24, 2.45) is 5.92 Å². The lowest BCUT2D eigenvalue weighted by molar-refractivity contribution is -0.133. The van der Waals surface area contributed by atoms with Crippen LogP contribution in [0.5, 0.6) is 11.5 Å². The van der Waals surface area contributed by atoms with Crippen molar-refractivity contribution in [3.05, 3.63) is 50.4 Å². The largest absolute Gasteiger partial charge is 0.493 e. The van der Waals surface area contributed by atoms with Gasteiger partial charge >= 0.3 is 0 Å². The number of carbonyl (C=O) groups excluding carboxylic acids is 1. The number of fused-ring (bicyclic) bond motifs is 3. The first kappa shape index (κ1) is 21.9. The zero-order valence-electron chi connectivity index (χ0n) is 19.1. The van der Waals surface area contributed by atoms with Crippen molar-refractivity contribution in [3.63, 3.8) is 0 Å². The summed E-state index contributed by atoms with van der Waals surface area (Å²) in [6, 6.07) is 5.82. The first-order valence-electron chi connectivity index (χ1n) is 11.6. The number of ether oxygens (including phenoxy) is 2. The van der Waals surface area contributed by atoms with Gasteiger partial charge in [-0.15, -0.1) is 11.3 Å². The Labute approximate surface area is 196 Å². The smallest absolute Gasteiger partial charge is 0.259 e. The SMILES string of the molecule is COc1ccc(CCN(Cc2nc3sc4c(c3c(=O)[nH]2)CCCC4)C(=O)C2CC2)cc1OC. The summed E-state index contributed by atoms with van der Waals surface area (Å²) >= 11 is 1.64. The predicted octanol–water partition coefficient (Wildman–Crippen LogP) is 3.86. The Bertz CT molecular complexity index is 1240. The highest BCUT2D eigenvalue weighted by atomic mass is 32.1. The van der Waals surface area contributed by atoms with E-state index >= 15 is 0 Å². The number of nitrogens with zero attached hydrogens (tertiary/aromatic N) is 2. The van der Waals surface area contributed by atoms with Gasteiger partial charge in [0.2, 0.25) is 5.91 Å². The van der Waals surface area contributed by atoms with Crippen LogP contribution in [-0.2, 0) is 30.6 Å². The topological polar surface area (TPSA) is 84.5 Å². The molecule has 33 heavy (non-hydrogen) atoms. The van der Waals surface area contributed by atoms with Crippen molar-refractivity contribution in [3.8, 4) is 11.5 Å². The molecule has 1 fully saturated rings. The highest BCUT2D eigenvalue weighted by Crippen LogP contribution is 2.34. The van der Waals surface area contributed by atoms with E-state index in [1.807, 2.05) is 23.1 Å². The van der Waals surface area contributed by atoms with Gasteiger partial charge in [0.1, 0.15) is 10.7 Å². The Hall–Kier alpha value is -2.87. The lowest BCUT2D eigenvalue weighted by Gasteiger charge is -2.22. The third kappa shape index (κ3) is 4.49. The van der Waals surface area contributed by atoms with Crippen molar-refractivity contribution >= 4 is 27.5 Å². The summed E-state index contributed by atoms with van der Waals surface area (Å²) in [6.45, 7) is 0.865. The number of aryl methyl sites for hydroxylation is 2. The molecule has 0 aliphatic heterocycles. The molecule has 0 unspecified atom stereocenters. The Kier molecular flexibility index (Phi) is 6.10. The average molecular weight is 468 g/mol. The van der Waals surface area contributed by atoms with E-state index in [4.69, 9.17) is 14.5 Å². The van der Waals surface area contributed by atoms with Crippen LogP contribution in [0.3, 0.4) is 0 Å². The van der Waals surface area contributed by atoms with Gasteiger partial charge in [-0.3, -0.25) is 9.59 Å². The number of H-pyrrole nitrogens is 1. The zero-order valence-corrected chi connectivity index (χ0v) is 19.9. The van der Waals surface area contributed by atoms with Gasteiger partial charge in [0, 0.05) is 17.3 Å². The van der Waals surface area contributed by atoms with Gasteiger partial charge in [0.15, 0.2) is 11.5 Å². The molecule has 1 aromatic carbocycles. The maximum atomic E-state index is 13.0. The Morgan fingerprint density at radius 2 is 1.97 bits per heavy atom. The number of thiophene rings is 1. The number of methoxy groups -OCH3 is 2. The molecule has 2 aromatic heterocycles. The summed E-state index contributed by atoms with van der Waals surface area (Å²) in [5.74, 6) is 2.16. The molecule has 0 bridgehead atoms. The van der Waals surface area contributed by atoms with E-state index in [0.717, 1.165) is 47.9 Å². The number of aromatic amines is 1. The molecule has 8 heteroatoms. The molecule has 0 radical (unpaired) electrons. The number of hydrogen-bond acceptors (Lipinski definition) is 6. The molecule has 1 saturated carbocycles. The van der Waals surface area contributed by atoms with E-state index < -0.39 is 0 Å². The highest BCUT2D eigenvalue weighted by molar-refractivity contribution is 7.18. The van der Waals surface area contributed by atoms with Crippen molar-refractivity contribution in [2.75, 3.05) is 20.8 Å². The number of amides is 1. The molecule has 0 saturated heterocycles. The normalized spacial score (nSPS) is 15.3. The molecule has 2 aliphatic rings. The second kappa shape index (κ2) is 9.17. The molecule has 1 N–H and O–H groups in total. The van der Waals surface area contributed by atoms with Crippen molar-refractivity contribution in [1.29, 1.82) is 0 Å². The van der Waals surface area contributed by atoms with Crippen molar-refractivity contribution in [2.45, 2.75) is 51.5 Å². The monoisotopic (exact) mass is 467 g/mol. The van der Waals surface area contributed by atoms with Crippen LogP contribution in [0.25, 0.3) is 10.2 Å². The Balaban J connectivity index is 1.38. The highest BCUT2D eigenvalue weighted by Gasteiger charge is 2.33. The summed E-state index contributed by atoms with van der Waals surface area (Å²) in [6.07, 6.45) is 6.83. The maximum absolute atomic E-state index is 13.0. The number of hydrogen-bond donors (Lipinski definition) is 1. The number of rotatable bonds is 8. The minimum Gasteiger partial charge on any atom is -0.493 e. The fourth-order valence-electron chi connectivity index (χ4n) is 4.62. The standard InChI is InChI=1S/C25H29N3O4S/c1-31-18-10-7-15(13-19(18)32-2)11-12-28(25(30)16-8-9-16)14-21-26-23(29)22-17-5-3-4-6-20(17)33-24(22)27-21/h7,10,13,16H,3-6,8-9,11-12,14H2,1-2H3,(H,26,27,29). The molecular weight excluding hydrogens is 438 g/mol. The molecule has 2 aliphatic carbocycles. The summed E-state index contributed by atoms with van der Waals surface area (Å²) in [7, 11) is 3.23. The van der Waals surface area contributed by atoms with E-state index in [2.05, 4.69) is 4.98 Å². The van der Waals surface area contributed by atoms with E-state index in [1.54, 1.807) is 25.6 Å². The van der Waals surface area contributed by atoms with Crippen LogP contribution in [0.15, 0.2) is 23.0 Å². The Morgan fingerprint density at radius 1 is 1.18 bits per heavy atom. The lowest BCUT2D eigenvalue weighted by atomic mass is 9.97. The van der Waals surface area contributed by atoms with Gasteiger partial charge in [-0.2, -0.15) is 0 Å². The fraction of sp³-hybridized carbons (Fsp3) is 0.480. The zero-order chi connectivity index (χ0) is 22.9. The van der Waals surface area contributed by atoms with Gasteiger partial charge in [0.25, 0.3) is 5.56 Å². The first-order chi connectivity index (χ1) is 16.1. The quantitative estimate of drug-likeness (QED) is 0.544. The van der Waals surface area contributed by atoms with Crippen LogP contribution in [0.2, 0.25) is 0 Å². The van der Waals surface area contributed by atoms with E-state index in [-0.39, 0.29) is 17.4 Å². The Morgan fingerprint density at radius 3 is 2.73 bits per heavy atom. The molecule has 0 spiro atoms. The molecular formula is C25H29N3O4S. The molecule has 7 nitrogen and oxygen atoms in total. The number of carbonyl (C=O) groups is 1. The van der Waals surface area contributed by atoms with Gasteiger partial charge in [0.05, 0.1) is 26.2 Å². The van der Waals surface area contributed by atoms with Crippen LogP contribution < -0.4 is 15.0 Å². The first-order valence-corrected chi connectivity index (χ1v) is 12.4. The second-order valence-electron chi connectivity index (χ2n) is 8.88. The maximum Gasteiger partial charge on any atom is 0.259 e. The summed E-state index contributed by atoms with van der Waals surface area (Å²) in [5, 5.41) is 0.754. The van der Waals surface area contributed by atoms with Crippen LogP contribution in [0.4, 0.5) is 0 Å². The minimum atomic E-state index is -0.0758. The van der Waals surface area contributed by atoms with Crippen LogP contribution in [0, 0.1) is 5.92 Å². The molecule has 5 rings (SSSR count). The molecule has 0 atom stereocenters. The van der Waals surface area contributed by atoms with Gasteiger partial charge in [-0.05, 0) is 68.2 Å². The average Bonchev–Trinajstić information content (AvgIpc) is 3.61. The van der Waals surface area contributed by atoms with Crippen LogP contribution in [-0.4, -0.2) is 41.5 Å². The van der Waals surface area contributed by atoms with E-state index in [0.29, 0.717) is 36.8 Å². The number of aromatic nitrogens is 2. The summed E-state index contributed by atoms with van der Waals surface area (Å²) < 4.78 is 10.7. The van der Waals surface area contributed by atoms with E-state index in [1.165, 1.54) is 16.9 Å². The van der Waals surface area contributed by atoms with Crippen molar-refractivity contribution in [1.82, 2.24) is 14.9 Å². The van der Waals surface area contributed by atoms with Gasteiger partial charge in [-0.25, -0.2) is 4.98 Å². The molecule has 1 amide bonds. The summed E-state index contributed by atoms with van der Waals surface area (Å²) in [5.41, 5.74) is 2.16. The number of benzene rings is 1. The van der Waals surface area contributed by atoms with E-state index in [9.17, 15) is 9.59 Å². The predicted molar refractivity (Wildman–Crippen MR) is 128 cm³/mol. The molecule has 174 valence electrons.